The summed E-state index contributed by atoms with van der Waals surface area (Å²) in [6.45, 7) is 4.03. The van der Waals surface area contributed by atoms with Gasteiger partial charge in [-0.15, -0.1) is 11.8 Å². The van der Waals surface area contributed by atoms with Crippen LogP contribution in [0, 0.1) is 0 Å². The molecule has 0 radical (unpaired) electrons. The third kappa shape index (κ3) is 3.77. The zero-order valence-electron chi connectivity index (χ0n) is 11.3. The quantitative estimate of drug-likeness (QED) is 0.853. The molecule has 4 nitrogen and oxygen atoms in total. The first-order chi connectivity index (χ1) is 9.58. The Morgan fingerprint density at radius 3 is 2.85 bits per heavy atom. The lowest BCUT2D eigenvalue weighted by Crippen LogP contribution is -2.18. The van der Waals surface area contributed by atoms with Gasteiger partial charge < -0.3 is 5.32 Å². The summed E-state index contributed by atoms with van der Waals surface area (Å²) in [7, 11) is 0. The lowest BCUT2D eigenvalue weighted by molar-refractivity contribution is -0.113. The second-order valence-corrected chi connectivity index (χ2v) is 5.95. The van der Waals surface area contributed by atoms with Crippen LogP contribution in [0.5, 0.6) is 0 Å². The molecule has 0 aliphatic carbocycles. The Balaban J connectivity index is 1.93. The molecule has 0 aliphatic heterocycles. The Morgan fingerprint density at radius 1 is 1.40 bits per heavy atom. The highest BCUT2D eigenvalue weighted by Gasteiger charge is 2.10. The van der Waals surface area contributed by atoms with Crippen molar-refractivity contribution in [3.63, 3.8) is 0 Å². The smallest absolute Gasteiger partial charge is 0.235 e. The first-order valence-corrected chi connectivity index (χ1v) is 7.65. The van der Waals surface area contributed by atoms with Gasteiger partial charge in [0.05, 0.1) is 17.0 Å². The normalized spacial score (nSPS) is 10.8. The average molecular weight is 310 g/mol. The fourth-order valence-electron chi connectivity index (χ4n) is 1.71. The zero-order valence-corrected chi connectivity index (χ0v) is 12.9. The fourth-order valence-corrected chi connectivity index (χ4v) is 2.75. The van der Waals surface area contributed by atoms with Gasteiger partial charge in [0.25, 0.3) is 0 Å². The molecule has 0 spiro atoms. The molecule has 1 N–H and O–H groups in total. The van der Waals surface area contributed by atoms with Crippen LogP contribution in [-0.2, 0) is 4.79 Å². The predicted octanol–water partition coefficient (Wildman–Crippen LogP) is 3.85. The third-order valence-corrected chi connectivity index (χ3v) is 4.14. The van der Waals surface area contributed by atoms with Gasteiger partial charge in [0.2, 0.25) is 5.91 Å². The molecule has 2 aromatic rings. The first-order valence-electron chi connectivity index (χ1n) is 6.28. The van der Waals surface area contributed by atoms with Crippen molar-refractivity contribution >= 4 is 35.1 Å². The van der Waals surface area contributed by atoms with Crippen molar-refractivity contribution in [1.29, 1.82) is 0 Å². The molecule has 0 fully saturated rings. The van der Waals surface area contributed by atoms with Crippen LogP contribution >= 0.6 is 23.4 Å². The van der Waals surface area contributed by atoms with Crippen LogP contribution in [0.4, 0.5) is 5.82 Å². The van der Waals surface area contributed by atoms with Crippen molar-refractivity contribution in [2.45, 2.75) is 24.8 Å². The first kappa shape index (κ1) is 14.9. The van der Waals surface area contributed by atoms with E-state index in [4.69, 9.17) is 11.6 Å². The molecular weight excluding hydrogens is 294 g/mol. The van der Waals surface area contributed by atoms with Gasteiger partial charge in [-0.1, -0.05) is 23.7 Å². The Morgan fingerprint density at radius 2 is 2.15 bits per heavy atom. The standard InChI is InChI=1S/C14H16ClN3OS/c1-10(2)18-13(7-8-16-18)17-14(19)9-20-12-6-4-3-5-11(12)15/h3-8,10H,9H2,1-2H3,(H,17,19). The highest BCUT2D eigenvalue weighted by atomic mass is 35.5. The summed E-state index contributed by atoms with van der Waals surface area (Å²) in [5.74, 6) is 0.953. The molecule has 0 unspecified atom stereocenters. The SMILES string of the molecule is CC(C)n1nccc1NC(=O)CSc1ccccc1Cl. The number of amides is 1. The molecule has 0 aliphatic rings. The van der Waals surface area contributed by atoms with Crippen LogP contribution in [0.1, 0.15) is 19.9 Å². The fraction of sp³-hybridized carbons (Fsp3) is 0.286. The second-order valence-electron chi connectivity index (χ2n) is 4.52. The largest absolute Gasteiger partial charge is 0.310 e. The molecule has 0 bridgehead atoms. The molecule has 20 heavy (non-hydrogen) atoms. The number of anilines is 1. The molecule has 2 rings (SSSR count). The Bertz CT molecular complexity index is 598. The number of thioether (sulfide) groups is 1. The number of nitrogens with one attached hydrogen (secondary N) is 1. The van der Waals surface area contributed by atoms with Crippen molar-refractivity contribution in [2.24, 2.45) is 0 Å². The summed E-state index contributed by atoms with van der Waals surface area (Å²) < 4.78 is 1.78. The van der Waals surface area contributed by atoms with Crippen molar-refractivity contribution < 1.29 is 4.79 Å². The zero-order chi connectivity index (χ0) is 14.5. The van der Waals surface area contributed by atoms with Crippen LogP contribution < -0.4 is 5.32 Å². The molecule has 0 saturated carbocycles. The Hall–Kier alpha value is -1.46. The summed E-state index contributed by atoms with van der Waals surface area (Å²) in [5, 5.41) is 7.70. The predicted molar refractivity (Wildman–Crippen MR) is 83.4 cm³/mol. The number of nitrogens with zero attached hydrogens (tertiary/aromatic N) is 2. The van der Waals surface area contributed by atoms with Crippen LogP contribution in [-0.4, -0.2) is 21.4 Å². The maximum absolute atomic E-state index is 12.0. The highest BCUT2D eigenvalue weighted by molar-refractivity contribution is 8.00. The molecular formula is C14H16ClN3OS. The van der Waals surface area contributed by atoms with Crippen LogP contribution in [0.25, 0.3) is 0 Å². The number of benzene rings is 1. The summed E-state index contributed by atoms with van der Waals surface area (Å²) in [4.78, 5) is 12.9. The van der Waals surface area contributed by atoms with E-state index in [2.05, 4.69) is 10.4 Å². The molecule has 1 amide bonds. The van der Waals surface area contributed by atoms with Crippen molar-refractivity contribution in [1.82, 2.24) is 9.78 Å². The number of carbonyl (C=O) groups is 1. The van der Waals surface area contributed by atoms with E-state index in [9.17, 15) is 4.79 Å². The third-order valence-electron chi connectivity index (χ3n) is 2.62. The average Bonchev–Trinajstić information content (AvgIpc) is 2.86. The Labute approximate surface area is 127 Å². The van der Waals surface area contributed by atoms with E-state index in [0.717, 1.165) is 4.90 Å². The summed E-state index contributed by atoms with van der Waals surface area (Å²) in [5.41, 5.74) is 0. The van der Waals surface area contributed by atoms with E-state index in [1.807, 2.05) is 38.1 Å². The Kier molecular flexibility index (Phi) is 5.09. The molecule has 0 saturated heterocycles. The number of halogens is 1. The van der Waals surface area contributed by atoms with Gasteiger partial charge in [0.15, 0.2) is 0 Å². The number of hydrogen-bond donors (Lipinski definition) is 1. The molecule has 1 aromatic carbocycles. The van der Waals surface area contributed by atoms with Gasteiger partial charge in [-0.25, -0.2) is 4.68 Å². The number of rotatable bonds is 5. The van der Waals surface area contributed by atoms with Gasteiger partial charge in [0.1, 0.15) is 5.82 Å². The van der Waals surface area contributed by atoms with E-state index in [1.54, 1.807) is 16.9 Å². The van der Waals surface area contributed by atoms with E-state index in [1.165, 1.54) is 11.8 Å². The van der Waals surface area contributed by atoms with Crippen LogP contribution in [0.15, 0.2) is 41.4 Å². The van der Waals surface area contributed by atoms with Gasteiger partial charge in [-0.05, 0) is 26.0 Å². The van der Waals surface area contributed by atoms with E-state index >= 15 is 0 Å². The lowest BCUT2D eigenvalue weighted by atomic mass is 10.4. The van der Waals surface area contributed by atoms with Crippen molar-refractivity contribution in [3.05, 3.63) is 41.6 Å². The van der Waals surface area contributed by atoms with Crippen LogP contribution in [0.3, 0.4) is 0 Å². The van der Waals surface area contributed by atoms with Gasteiger partial charge in [-0.2, -0.15) is 5.10 Å². The maximum atomic E-state index is 12.0. The minimum atomic E-state index is -0.0719. The summed E-state index contributed by atoms with van der Waals surface area (Å²) >= 11 is 7.47. The minimum absolute atomic E-state index is 0.0719. The molecule has 0 atom stereocenters. The van der Waals surface area contributed by atoms with Gasteiger partial charge >= 0.3 is 0 Å². The summed E-state index contributed by atoms with van der Waals surface area (Å²) in [6.07, 6.45) is 1.68. The van der Waals surface area contributed by atoms with Gasteiger partial charge in [0, 0.05) is 17.0 Å². The summed E-state index contributed by atoms with van der Waals surface area (Å²) in [6, 6.07) is 9.48. The second kappa shape index (κ2) is 6.81. The van der Waals surface area contributed by atoms with E-state index in [0.29, 0.717) is 16.6 Å². The monoisotopic (exact) mass is 309 g/mol. The van der Waals surface area contributed by atoms with Gasteiger partial charge in [-0.3, -0.25) is 4.79 Å². The highest BCUT2D eigenvalue weighted by Crippen LogP contribution is 2.26. The molecule has 6 heteroatoms. The van der Waals surface area contributed by atoms with Crippen molar-refractivity contribution in [2.75, 3.05) is 11.1 Å². The molecule has 1 aromatic heterocycles. The molecule has 106 valence electrons. The number of hydrogen-bond acceptors (Lipinski definition) is 3. The van der Waals surface area contributed by atoms with E-state index in [-0.39, 0.29) is 11.9 Å². The molecule has 1 heterocycles. The van der Waals surface area contributed by atoms with Crippen LogP contribution in [0.2, 0.25) is 5.02 Å². The number of carbonyl (C=O) groups excluding carboxylic acids is 1. The van der Waals surface area contributed by atoms with Crippen molar-refractivity contribution in [3.8, 4) is 0 Å². The lowest BCUT2D eigenvalue weighted by Gasteiger charge is -2.11. The maximum Gasteiger partial charge on any atom is 0.235 e. The minimum Gasteiger partial charge on any atom is -0.310 e. The number of aromatic nitrogens is 2. The van der Waals surface area contributed by atoms with E-state index < -0.39 is 0 Å². The topological polar surface area (TPSA) is 46.9 Å².